The number of hydrogen-bond donors (Lipinski definition) is 1. The first kappa shape index (κ1) is 22.5. The molecule has 0 radical (unpaired) electrons. The summed E-state index contributed by atoms with van der Waals surface area (Å²) in [4.78, 5) is 0. The lowest BCUT2D eigenvalue weighted by atomic mass is 11.8. The Bertz CT molecular complexity index is 360. The average molecular weight is 498 g/mol. The summed E-state index contributed by atoms with van der Waals surface area (Å²) in [7, 11) is -7.25. The fourth-order valence-electron chi connectivity index (χ4n) is 2.09. The molecule has 0 fully saturated rings. The average Bonchev–Trinajstić information content (AvgIpc) is 2.08. The number of hydrogen-bond acceptors (Lipinski definition) is 5. The predicted octanol–water partition coefficient (Wildman–Crippen LogP) is 4.58. The molecule has 0 rings (SSSR count). The fraction of sp³-hybridized carbons (Fsp3) is 1.00. The van der Waals surface area contributed by atoms with Crippen LogP contribution in [0.4, 0.5) is 0 Å². The Kier molecular flexibility index (Phi) is 8.58. The molecule has 0 spiro atoms. The molecule has 11 heteroatoms. The second-order valence-electron chi connectivity index (χ2n) is 7.56. The molecule has 21 heavy (non-hydrogen) atoms. The van der Waals surface area contributed by atoms with Gasteiger partial charge in [-0.15, -0.1) is 0 Å². The first-order valence-electron chi connectivity index (χ1n) is 7.15. The molecule has 0 bridgehead atoms. The molecule has 0 saturated carbocycles. The van der Waals surface area contributed by atoms with E-state index in [0.29, 0.717) is 0 Å². The van der Waals surface area contributed by atoms with Crippen LogP contribution in [0.5, 0.6) is 0 Å². The maximum absolute atomic E-state index is 7.90. The third kappa shape index (κ3) is 11.6. The molecule has 0 amide bonds. The lowest BCUT2D eigenvalue weighted by Crippen LogP contribution is -2.52. The van der Waals surface area contributed by atoms with Crippen LogP contribution >= 0.6 is 20.2 Å². The minimum Gasteiger partial charge on any atom is -0.437 e. The molecule has 0 heterocycles. The van der Waals surface area contributed by atoms with Gasteiger partial charge in [0.1, 0.15) is 0 Å². The SMILES string of the molecule is C[SiH](O[Si](C)(C)O[Si](C)(C)C)O[Si](C)(O[Si](C)(C)C)I=N. The molecule has 0 aliphatic heterocycles. The van der Waals surface area contributed by atoms with E-state index < -0.39 is 60.8 Å². The van der Waals surface area contributed by atoms with Gasteiger partial charge in [-0.1, -0.05) is 0 Å². The lowest BCUT2D eigenvalue weighted by molar-refractivity contribution is 0.331. The molecular weight excluding hydrogens is 465 g/mol. The first-order chi connectivity index (χ1) is 9.08. The highest BCUT2D eigenvalue weighted by Crippen LogP contribution is 2.28. The van der Waals surface area contributed by atoms with Crippen molar-refractivity contribution in [2.75, 3.05) is 0 Å². The molecule has 5 nitrogen and oxygen atoms in total. The van der Waals surface area contributed by atoms with Gasteiger partial charge in [0, 0.05) is 20.2 Å². The molecule has 0 saturated heterocycles. The first-order valence-corrected chi connectivity index (χ1v) is 25.4. The normalized spacial score (nSPS) is 18.4. The largest absolute Gasteiger partial charge is 0.437 e. The minimum atomic E-state index is -2.33. The molecule has 0 aromatic heterocycles. The van der Waals surface area contributed by atoms with E-state index in [9.17, 15) is 0 Å². The summed E-state index contributed by atoms with van der Waals surface area (Å²) < 4.78 is 32.7. The van der Waals surface area contributed by atoms with Gasteiger partial charge in [-0.3, -0.25) is 3.56 Å². The topological polar surface area (TPSA) is 60.8 Å². The second-order valence-corrected chi connectivity index (χ2v) is 32.8. The van der Waals surface area contributed by atoms with E-state index in [1.807, 2.05) is 13.1 Å². The molecule has 0 aromatic rings. The highest BCUT2D eigenvalue weighted by Gasteiger charge is 2.41. The number of halogens is 1. The lowest BCUT2D eigenvalue weighted by Gasteiger charge is -2.36. The van der Waals surface area contributed by atoms with E-state index in [1.165, 1.54) is 0 Å². The fourth-order valence-corrected chi connectivity index (χ4v) is 31.4. The predicted molar refractivity (Wildman–Crippen MR) is 110 cm³/mol. The van der Waals surface area contributed by atoms with Crippen molar-refractivity contribution in [1.82, 2.24) is 0 Å². The van der Waals surface area contributed by atoms with Crippen molar-refractivity contribution in [3.8, 4) is 0 Å². The quantitative estimate of drug-likeness (QED) is 0.288. The van der Waals surface area contributed by atoms with Crippen molar-refractivity contribution < 1.29 is 16.5 Å². The van der Waals surface area contributed by atoms with Crippen LogP contribution in [0.3, 0.4) is 0 Å². The van der Waals surface area contributed by atoms with Gasteiger partial charge in [0.2, 0.25) is 0 Å². The van der Waals surface area contributed by atoms with Gasteiger partial charge in [0.15, 0.2) is 16.6 Å². The molecule has 0 aliphatic carbocycles. The van der Waals surface area contributed by atoms with Crippen molar-refractivity contribution in [1.29, 1.82) is 3.56 Å². The van der Waals surface area contributed by atoms with Crippen LogP contribution in [0.1, 0.15) is 0 Å². The van der Waals surface area contributed by atoms with E-state index in [2.05, 4.69) is 52.4 Å². The summed E-state index contributed by atoms with van der Waals surface area (Å²) >= 11 is -0.795. The maximum atomic E-state index is 7.90. The van der Waals surface area contributed by atoms with Gasteiger partial charge in [0.25, 0.3) is 0 Å². The van der Waals surface area contributed by atoms with Crippen molar-refractivity contribution in [2.45, 2.75) is 65.5 Å². The van der Waals surface area contributed by atoms with Crippen LogP contribution in [0.25, 0.3) is 0 Å². The Hall–Kier alpha value is 1.45. The van der Waals surface area contributed by atoms with E-state index in [1.54, 1.807) is 0 Å². The zero-order valence-electron chi connectivity index (χ0n) is 15.1. The van der Waals surface area contributed by atoms with Crippen molar-refractivity contribution >= 4 is 60.8 Å². The van der Waals surface area contributed by atoms with E-state index in [0.717, 1.165) is 0 Å². The minimum absolute atomic E-state index is 0.795. The van der Waals surface area contributed by atoms with Gasteiger partial charge in [-0.2, -0.15) is 0 Å². The Balaban J connectivity index is 4.73. The van der Waals surface area contributed by atoms with E-state index >= 15 is 0 Å². The molecule has 2 unspecified atom stereocenters. The molecule has 0 aliphatic rings. The summed E-state index contributed by atoms with van der Waals surface area (Å²) in [5.74, 6) is 0. The molecular formula is C10H32INO4Si5. The van der Waals surface area contributed by atoms with Crippen LogP contribution in [-0.2, 0) is 16.5 Å². The van der Waals surface area contributed by atoms with Crippen LogP contribution < -0.4 is 0 Å². The van der Waals surface area contributed by atoms with Crippen molar-refractivity contribution in [2.24, 2.45) is 0 Å². The highest BCUT2D eigenvalue weighted by molar-refractivity contribution is 14.2. The zero-order chi connectivity index (χ0) is 17.1. The highest BCUT2D eigenvalue weighted by atomic mass is 127. The molecule has 1 N–H and O–H groups in total. The summed E-state index contributed by atoms with van der Waals surface area (Å²) in [6.45, 7) is 21.3. The zero-order valence-corrected chi connectivity index (χ0v) is 22.4. The Morgan fingerprint density at radius 1 is 0.762 bits per heavy atom. The second kappa shape index (κ2) is 8.02. The van der Waals surface area contributed by atoms with Crippen molar-refractivity contribution in [3.05, 3.63) is 0 Å². The van der Waals surface area contributed by atoms with E-state index in [-0.39, 0.29) is 0 Å². The smallest absolute Gasteiger partial charge is 0.398 e. The summed E-state index contributed by atoms with van der Waals surface area (Å²) in [6, 6.07) is -2.33. The van der Waals surface area contributed by atoms with Crippen LogP contribution in [0.15, 0.2) is 0 Å². The summed E-state index contributed by atoms with van der Waals surface area (Å²) in [5.41, 5.74) is 0. The third-order valence-corrected chi connectivity index (χ3v) is 24.5. The Morgan fingerprint density at radius 2 is 1.19 bits per heavy atom. The van der Waals surface area contributed by atoms with Crippen LogP contribution in [0, 0.1) is 3.56 Å². The maximum Gasteiger partial charge on any atom is 0.398 e. The van der Waals surface area contributed by atoms with Gasteiger partial charge in [0.05, 0.1) is 0 Å². The van der Waals surface area contributed by atoms with Gasteiger partial charge in [-0.25, -0.2) is 0 Å². The van der Waals surface area contributed by atoms with Gasteiger partial charge < -0.3 is 16.5 Å². The Labute approximate surface area is 145 Å². The molecule has 0 aromatic carbocycles. The van der Waals surface area contributed by atoms with Crippen molar-refractivity contribution in [3.63, 3.8) is 0 Å². The number of rotatable bonds is 9. The van der Waals surface area contributed by atoms with Crippen LogP contribution in [-0.4, -0.2) is 40.5 Å². The summed E-state index contributed by atoms with van der Waals surface area (Å²) in [6.07, 6.45) is 0. The summed E-state index contributed by atoms with van der Waals surface area (Å²) in [5, 5.41) is 0. The standard InChI is InChI=1S/C10H32INO4Si5/c1-17(13-20(8,9)15-18(2,3)4)14-21(10,11-12)16-19(5,6)7/h12,17H,1-10H3. The molecule has 2 atom stereocenters. The Morgan fingerprint density at radius 3 is 1.52 bits per heavy atom. The van der Waals surface area contributed by atoms with E-state index in [4.69, 9.17) is 20.0 Å². The molecule has 128 valence electrons. The van der Waals surface area contributed by atoms with Gasteiger partial charge in [-0.05, 0) is 65.5 Å². The monoisotopic (exact) mass is 497 g/mol. The third-order valence-electron chi connectivity index (χ3n) is 2.04. The number of nitrogens with one attached hydrogen (secondary N) is 1. The van der Waals surface area contributed by atoms with Gasteiger partial charge >= 0.3 is 23.9 Å². The van der Waals surface area contributed by atoms with Crippen LogP contribution in [0.2, 0.25) is 65.5 Å².